The number of thiocarbonyl (C=S) groups is 1. The van der Waals surface area contributed by atoms with Crippen LogP contribution in [0.3, 0.4) is 0 Å². The molecule has 9 N–H and O–H groups in total. The Balaban J connectivity index is 0.000000344. The van der Waals surface area contributed by atoms with Crippen LogP contribution in [0.4, 0.5) is 0 Å². The minimum absolute atomic E-state index is 0.00352. The van der Waals surface area contributed by atoms with Crippen LogP contribution in [0.15, 0.2) is 111 Å². The van der Waals surface area contributed by atoms with Crippen molar-refractivity contribution >= 4 is 92.0 Å². The molecule has 510 valence electrons. The molecule has 1 aliphatic carbocycles. The Hall–Kier alpha value is -8.94. The molecule has 0 fully saturated rings. The molecule has 2 atom stereocenters. The number of phenols is 1. The lowest BCUT2D eigenvalue weighted by Gasteiger charge is -2.17. The normalized spacial score (nSPS) is 11.6. The number of aromatic hydroxyl groups is 1. The molecule has 1 aliphatic heterocycles. The van der Waals surface area contributed by atoms with Gasteiger partial charge >= 0.3 is 5.97 Å². The van der Waals surface area contributed by atoms with Gasteiger partial charge in [-0.05, 0) is 130 Å². The summed E-state index contributed by atoms with van der Waals surface area (Å²) in [5.41, 5.74) is 7.43. The first-order valence-corrected chi connectivity index (χ1v) is 32.3. The number of primary amides is 1. The van der Waals surface area contributed by atoms with Crippen LogP contribution in [0.2, 0.25) is 0 Å². The smallest absolute Gasteiger partial charge is 0.336 e. The van der Waals surface area contributed by atoms with Crippen LogP contribution < -0.4 is 37.7 Å². The van der Waals surface area contributed by atoms with Gasteiger partial charge in [-0.15, -0.1) is 0 Å². The number of carboxylic acids is 1. The summed E-state index contributed by atoms with van der Waals surface area (Å²) in [5, 5.41) is 39.1. The van der Waals surface area contributed by atoms with Gasteiger partial charge in [0.15, 0.2) is 5.43 Å². The molecule has 25 heteroatoms. The number of aliphatic imine (C=N–C) groups is 1. The Morgan fingerprint density at radius 2 is 1.33 bits per heavy atom. The first-order chi connectivity index (χ1) is 45.9. The standard InChI is InChI=1S/C37H51N3O8S.C33H36N4O9/c1-29(41)13-20-46-19-6-10-34(42)14-21-47-24-18-40-37(45)33(9-4-5-16-39-36(44)15-22-48-23-17-38-28-49)27-35(43)26-30-11-12-31-7-2-3-8-32(31)25-30;1-35-12-3-2-4-26(31(34)41)37-29(40)11-14-45-15-13-36-32(42)19-5-8-22(25(16-19)33(43)44)30-23-9-6-20(38)17-27(23)46-28-18-21(39)7-10-24(28)30/h2-3,7-8,11-12,25,33H,4-6,9-10,13-24,26-27H2,1H3,(H,39,44)(H,40,45);5-10,16-18,26,35,38H,2-4,11-15H2,1H3,(H2,34,41)(H,36,42)(H,37,40)(H,43,44). The minimum atomic E-state index is -1.27. The number of benzene rings is 5. The van der Waals surface area contributed by atoms with Gasteiger partial charge in [0.25, 0.3) is 5.91 Å². The number of carboxylic acid groups (broad SMARTS) is 1. The van der Waals surface area contributed by atoms with Crippen molar-refractivity contribution in [3.8, 4) is 28.2 Å². The van der Waals surface area contributed by atoms with Crippen LogP contribution in [0.1, 0.15) is 117 Å². The molecule has 24 nitrogen and oxygen atoms in total. The van der Waals surface area contributed by atoms with Crippen LogP contribution >= 0.6 is 12.2 Å². The van der Waals surface area contributed by atoms with E-state index in [1.54, 1.807) is 12.1 Å². The summed E-state index contributed by atoms with van der Waals surface area (Å²) >= 11 is 4.50. The van der Waals surface area contributed by atoms with Gasteiger partial charge in [0.1, 0.15) is 40.5 Å². The molecule has 1 heterocycles. The summed E-state index contributed by atoms with van der Waals surface area (Å²) in [6, 6.07) is 26.0. The summed E-state index contributed by atoms with van der Waals surface area (Å²) in [6.07, 6.45) is 6.10. The molecule has 0 saturated carbocycles. The van der Waals surface area contributed by atoms with E-state index in [0.29, 0.717) is 101 Å². The number of isothiocyanates is 1. The number of phenolic OH excluding ortho intramolecular Hbond substituents is 1. The molecule has 4 aromatic carbocycles. The predicted octanol–water partition coefficient (Wildman–Crippen LogP) is 7.09. The second-order valence-corrected chi connectivity index (χ2v) is 22.6. The molecule has 2 unspecified atom stereocenters. The Bertz CT molecular complexity index is 3610. The Kier molecular flexibility index (Phi) is 34.8. The largest absolute Gasteiger partial charge is 0.508 e. The fraction of sp³-hybridized carbons (Fsp3) is 0.443. The van der Waals surface area contributed by atoms with Gasteiger partial charge in [0, 0.05) is 111 Å². The Morgan fingerprint density at radius 1 is 0.642 bits per heavy atom. The number of unbranched alkanes of at least 4 members (excludes halogenated alkanes) is 2. The molecule has 0 saturated heterocycles. The molecule has 2 aliphatic rings. The number of fused-ring (bicyclic) bond motifs is 3. The molecule has 0 aromatic heterocycles. The minimum Gasteiger partial charge on any atom is -0.508 e. The summed E-state index contributed by atoms with van der Waals surface area (Å²) in [7, 11) is 1.83. The Labute approximate surface area is 557 Å². The third kappa shape index (κ3) is 28.7. The van der Waals surface area contributed by atoms with Crippen molar-refractivity contribution in [1.29, 1.82) is 0 Å². The highest BCUT2D eigenvalue weighted by molar-refractivity contribution is 7.78. The van der Waals surface area contributed by atoms with Crippen LogP contribution in [0.25, 0.3) is 44.2 Å². The average Bonchev–Trinajstić information content (AvgIpc) is 0.750. The number of aromatic carboxylic acids is 1. The predicted molar refractivity (Wildman–Crippen MR) is 362 cm³/mol. The maximum Gasteiger partial charge on any atom is 0.336 e. The lowest BCUT2D eigenvalue weighted by molar-refractivity contribution is -0.129. The zero-order valence-corrected chi connectivity index (χ0v) is 54.8. The number of amides is 5. The van der Waals surface area contributed by atoms with Gasteiger partial charge in [-0.1, -0.05) is 55.0 Å². The first kappa shape index (κ1) is 76.8. The van der Waals surface area contributed by atoms with Crippen molar-refractivity contribution in [2.45, 2.75) is 103 Å². The van der Waals surface area contributed by atoms with E-state index < -0.39 is 29.7 Å². The fourth-order valence-electron chi connectivity index (χ4n) is 10.0. The number of hydrogen-bond acceptors (Lipinski definition) is 19. The summed E-state index contributed by atoms with van der Waals surface area (Å²) in [4.78, 5) is 126. The van der Waals surface area contributed by atoms with Gasteiger partial charge in [0.2, 0.25) is 23.6 Å². The third-order valence-corrected chi connectivity index (χ3v) is 15.1. The molecule has 0 radical (unpaired) electrons. The number of nitrogens with zero attached hydrogens (tertiary/aromatic N) is 1. The molecule has 95 heavy (non-hydrogen) atoms. The quantitative estimate of drug-likeness (QED) is 0.00818. The maximum absolute atomic E-state index is 13.2. The fourth-order valence-corrected chi connectivity index (χ4v) is 10.1. The SMILES string of the molecule is CC(=O)CCOCCCC(=O)CCOCCNC(=O)C(CCCCNC(=O)CCOCCN=C=S)CC(=O)Cc1ccc2ccccc2c1.CNCCCCC(NC(=O)CCOCCNC(=O)c1ccc(-c2c3ccc(=O)cc-3oc3cc(O)ccc23)c(C(=O)O)c1)C(N)=O. The highest BCUT2D eigenvalue weighted by atomic mass is 32.1. The van der Waals surface area contributed by atoms with Crippen LogP contribution in [-0.2, 0) is 58.9 Å². The zero-order valence-electron chi connectivity index (χ0n) is 53.9. The number of rotatable bonds is 45. The van der Waals surface area contributed by atoms with E-state index in [1.807, 2.05) is 49.5 Å². The van der Waals surface area contributed by atoms with E-state index in [1.165, 1.54) is 49.4 Å². The van der Waals surface area contributed by atoms with Gasteiger partial charge in [-0.25, -0.2) is 9.79 Å². The van der Waals surface area contributed by atoms with E-state index in [-0.39, 0.29) is 146 Å². The van der Waals surface area contributed by atoms with Crippen LogP contribution in [0, 0.1) is 5.92 Å². The molecule has 0 spiro atoms. The van der Waals surface area contributed by atoms with Crippen molar-refractivity contribution in [2.75, 3.05) is 92.6 Å². The summed E-state index contributed by atoms with van der Waals surface area (Å²) in [6.45, 7) is 5.70. The molecular weight excluding hydrogens is 1240 g/mol. The topological polar surface area (TPSA) is 360 Å². The van der Waals surface area contributed by atoms with Crippen molar-refractivity contribution < 1.29 is 76.7 Å². The van der Waals surface area contributed by atoms with E-state index in [9.17, 15) is 58.2 Å². The number of ether oxygens (including phenoxy) is 4. The summed E-state index contributed by atoms with van der Waals surface area (Å²) in [5.74, 6) is -3.34. The number of Topliss-reactive ketones (excluding diaryl/α,β-unsaturated/α-hetero) is 3. The number of carbonyl (C=O) groups is 9. The molecular formula is C70H87N7O17S. The second-order valence-electron chi connectivity index (χ2n) is 22.5. The molecule has 0 bridgehead atoms. The monoisotopic (exact) mass is 1330 g/mol. The van der Waals surface area contributed by atoms with E-state index in [4.69, 9.17) is 29.1 Å². The van der Waals surface area contributed by atoms with Crippen molar-refractivity contribution in [2.24, 2.45) is 16.6 Å². The van der Waals surface area contributed by atoms with Gasteiger partial charge in [0.05, 0.1) is 63.5 Å². The number of ketones is 3. The van der Waals surface area contributed by atoms with Crippen molar-refractivity contribution in [1.82, 2.24) is 26.6 Å². The Morgan fingerprint density at radius 3 is 2.06 bits per heavy atom. The summed E-state index contributed by atoms with van der Waals surface area (Å²) < 4.78 is 27.5. The van der Waals surface area contributed by atoms with Crippen molar-refractivity contribution in [3.05, 3.63) is 124 Å². The molecule has 4 aromatic rings. The van der Waals surface area contributed by atoms with Gasteiger partial charge in [-0.2, -0.15) is 0 Å². The highest BCUT2D eigenvalue weighted by Gasteiger charge is 2.25. The molecule has 6 rings (SSSR count). The van der Waals surface area contributed by atoms with E-state index >= 15 is 0 Å². The highest BCUT2D eigenvalue weighted by Crippen LogP contribution is 2.42. The second kappa shape index (κ2) is 43.1. The van der Waals surface area contributed by atoms with Crippen LogP contribution in [-0.4, -0.2) is 167 Å². The van der Waals surface area contributed by atoms with E-state index in [2.05, 4.69) is 49.0 Å². The van der Waals surface area contributed by atoms with E-state index in [0.717, 1.165) is 35.7 Å². The first-order valence-electron chi connectivity index (χ1n) is 31.9. The third-order valence-electron chi connectivity index (χ3n) is 15.0. The van der Waals surface area contributed by atoms with Gasteiger partial charge < -0.3 is 65.9 Å². The zero-order chi connectivity index (χ0) is 68.7. The lowest BCUT2D eigenvalue weighted by Crippen LogP contribution is -2.44. The van der Waals surface area contributed by atoms with Crippen LogP contribution in [0.5, 0.6) is 5.75 Å². The number of nitrogens with one attached hydrogen (secondary N) is 5. The van der Waals surface area contributed by atoms with Crippen molar-refractivity contribution in [3.63, 3.8) is 0 Å². The number of carbonyl (C=O) groups excluding carboxylic acids is 8. The molecule has 5 amide bonds. The number of hydrogen-bond donors (Lipinski definition) is 8. The maximum atomic E-state index is 13.2. The lowest BCUT2D eigenvalue weighted by atomic mass is 9.90. The average molecular weight is 1330 g/mol. The number of nitrogens with two attached hydrogens (primary N) is 1. The van der Waals surface area contributed by atoms with Gasteiger partial charge in [-0.3, -0.25) is 43.2 Å².